The Morgan fingerprint density at radius 2 is 2.00 bits per heavy atom. The van der Waals surface area contributed by atoms with Crippen molar-refractivity contribution < 1.29 is 14.3 Å². The molecule has 0 saturated carbocycles. The molecule has 0 radical (unpaired) electrons. The van der Waals surface area contributed by atoms with Gasteiger partial charge in [-0.15, -0.1) is 11.3 Å². The van der Waals surface area contributed by atoms with Crippen LogP contribution in [0.25, 0.3) is 17.0 Å². The summed E-state index contributed by atoms with van der Waals surface area (Å²) in [4.78, 5) is 26.2. The number of hydrogen-bond donors (Lipinski definition) is 1. The second-order valence-electron chi connectivity index (χ2n) is 7.43. The van der Waals surface area contributed by atoms with Gasteiger partial charge >= 0.3 is 5.97 Å². The van der Waals surface area contributed by atoms with Gasteiger partial charge in [0.05, 0.1) is 12.2 Å². The van der Waals surface area contributed by atoms with Crippen molar-refractivity contribution in [2.75, 3.05) is 11.9 Å². The summed E-state index contributed by atoms with van der Waals surface area (Å²) in [5.41, 5.74) is 2.90. The number of esters is 1. The lowest BCUT2D eigenvalue weighted by Gasteiger charge is -2.08. The molecule has 0 unspecified atom stereocenters. The molecule has 31 heavy (non-hydrogen) atoms. The molecule has 0 aliphatic heterocycles. The zero-order valence-corrected chi connectivity index (χ0v) is 19.1. The number of nitrogens with zero attached hydrogens (tertiary/aromatic N) is 2. The van der Waals surface area contributed by atoms with Gasteiger partial charge in [0, 0.05) is 33.6 Å². The van der Waals surface area contributed by atoms with Crippen LogP contribution in [0.15, 0.2) is 36.0 Å². The minimum Gasteiger partial charge on any atom is -0.462 e. The van der Waals surface area contributed by atoms with E-state index in [0.717, 1.165) is 26.9 Å². The van der Waals surface area contributed by atoms with Crippen LogP contribution in [-0.4, -0.2) is 23.1 Å². The van der Waals surface area contributed by atoms with Gasteiger partial charge in [0.1, 0.15) is 16.6 Å². The molecular formula is C24H25N3O3S. The summed E-state index contributed by atoms with van der Waals surface area (Å²) in [6.07, 6.45) is 3.54. The Balaban J connectivity index is 1.99. The Morgan fingerprint density at radius 3 is 2.65 bits per heavy atom. The van der Waals surface area contributed by atoms with Crippen LogP contribution < -0.4 is 5.32 Å². The molecule has 0 spiro atoms. The summed E-state index contributed by atoms with van der Waals surface area (Å²) < 4.78 is 7.24. The number of hydrogen-bond acceptors (Lipinski definition) is 5. The second-order valence-corrected chi connectivity index (χ2v) is 8.66. The highest BCUT2D eigenvalue weighted by molar-refractivity contribution is 7.16. The van der Waals surface area contributed by atoms with E-state index < -0.39 is 11.9 Å². The van der Waals surface area contributed by atoms with E-state index in [1.165, 1.54) is 11.3 Å². The third-order valence-electron chi connectivity index (χ3n) is 5.08. The maximum atomic E-state index is 12.9. The number of carbonyl (C=O) groups is 2. The molecule has 2 aromatic heterocycles. The van der Waals surface area contributed by atoms with Crippen molar-refractivity contribution in [3.63, 3.8) is 0 Å². The van der Waals surface area contributed by atoms with Crippen LogP contribution in [0.5, 0.6) is 0 Å². The number of amides is 1. The molecule has 3 aromatic rings. The fraction of sp³-hybridized carbons (Fsp3) is 0.292. The van der Waals surface area contributed by atoms with Gasteiger partial charge < -0.3 is 14.6 Å². The minimum atomic E-state index is -0.560. The molecule has 160 valence electrons. The van der Waals surface area contributed by atoms with Gasteiger partial charge in [0.25, 0.3) is 5.91 Å². The van der Waals surface area contributed by atoms with Gasteiger partial charge in [0.15, 0.2) is 0 Å². The Hall–Kier alpha value is -3.37. The number of carbonyl (C=O) groups excluding carboxylic acids is 2. The van der Waals surface area contributed by atoms with Gasteiger partial charge in [-0.3, -0.25) is 4.79 Å². The van der Waals surface area contributed by atoms with Crippen molar-refractivity contribution in [3.05, 3.63) is 57.6 Å². The number of rotatable bonds is 6. The van der Waals surface area contributed by atoms with E-state index in [9.17, 15) is 14.9 Å². The number of para-hydroxylation sites is 1. The first-order valence-electron chi connectivity index (χ1n) is 10.1. The fourth-order valence-corrected chi connectivity index (χ4v) is 4.46. The highest BCUT2D eigenvalue weighted by Gasteiger charge is 2.23. The number of aryl methyl sites for hydroxylation is 1. The van der Waals surface area contributed by atoms with Crippen molar-refractivity contribution in [1.29, 1.82) is 5.26 Å². The average Bonchev–Trinajstić information content (AvgIpc) is 3.23. The minimum absolute atomic E-state index is 0.0369. The molecule has 1 aromatic carbocycles. The first-order chi connectivity index (χ1) is 14.8. The summed E-state index contributed by atoms with van der Waals surface area (Å²) in [6, 6.07) is 10.1. The van der Waals surface area contributed by atoms with Crippen molar-refractivity contribution in [2.24, 2.45) is 0 Å². The van der Waals surface area contributed by atoms with Crippen molar-refractivity contribution in [3.8, 4) is 6.07 Å². The van der Waals surface area contributed by atoms with Crippen LogP contribution in [0.1, 0.15) is 53.2 Å². The van der Waals surface area contributed by atoms with Gasteiger partial charge in [-0.1, -0.05) is 18.2 Å². The third-order valence-corrected chi connectivity index (χ3v) is 6.21. The zero-order valence-electron chi connectivity index (χ0n) is 18.3. The molecule has 0 saturated heterocycles. The van der Waals surface area contributed by atoms with Gasteiger partial charge in [-0.05, 0) is 52.3 Å². The number of benzene rings is 1. The van der Waals surface area contributed by atoms with E-state index in [2.05, 4.69) is 23.7 Å². The van der Waals surface area contributed by atoms with E-state index in [1.807, 2.05) is 50.4 Å². The molecule has 0 bridgehead atoms. The van der Waals surface area contributed by atoms with Crippen LogP contribution in [0.3, 0.4) is 0 Å². The smallest absolute Gasteiger partial charge is 0.341 e. The van der Waals surface area contributed by atoms with Gasteiger partial charge in [-0.25, -0.2) is 4.79 Å². The highest BCUT2D eigenvalue weighted by Crippen LogP contribution is 2.33. The molecular weight excluding hydrogens is 410 g/mol. The van der Waals surface area contributed by atoms with E-state index in [0.29, 0.717) is 10.6 Å². The average molecular weight is 436 g/mol. The predicted octanol–water partition coefficient (Wildman–Crippen LogP) is 5.62. The predicted molar refractivity (Wildman–Crippen MR) is 124 cm³/mol. The molecule has 0 atom stereocenters. The molecule has 7 heteroatoms. The largest absolute Gasteiger partial charge is 0.462 e. The Bertz CT molecular complexity index is 1220. The molecule has 2 heterocycles. The highest BCUT2D eigenvalue weighted by atomic mass is 32.1. The molecule has 0 aliphatic carbocycles. The number of nitrogens with one attached hydrogen (secondary N) is 1. The quantitative estimate of drug-likeness (QED) is 0.309. The normalized spacial score (nSPS) is 11.6. The van der Waals surface area contributed by atoms with Crippen LogP contribution in [0, 0.1) is 25.2 Å². The Labute approximate surface area is 185 Å². The lowest BCUT2D eigenvalue weighted by Crippen LogP contribution is -2.16. The van der Waals surface area contributed by atoms with Gasteiger partial charge in [0.2, 0.25) is 0 Å². The summed E-state index contributed by atoms with van der Waals surface area (Å²) in [5.74, 6) is -1.04. The first-order valence-corrected chi connectivity index (χ1v) is 10.9. The monoisotopic (exact) mass is 435 g/mol. The van der Waals surface area contributed by atoms with Crippen LogP contribution in [0.2, 0.25) is 0 Å². The van der Waals surface area contributed by atoms with E-state index in [4.69, 9.17) is 4.74 Å². The Morgan fingerprint density at radius 1 is 1.29 bits per heavy atom. The van der Waals surface area contributed by atoms with E-state index in [-0.39, 0.29) is 18.2 Å². The Kier molecular flexibility index (Phi) is 6.62. The number of aromatic nitrogens is 1. The van der Waals surface area contributed by atoms with Crippen LogP contribution in [0.4, 0.5) is 5.00 Å². The molecule has 0 aliphatic rings. The standard InChI is InChI=1S/C24H25N3O3S/c1-6-30-24(29)21-15(4)16(5)31-23(21)26-22(28)17(12-25)11-18-13-27(14(2)3)20-10-8-7-9-19(18)20/h7-11,13-14H,6H2,1-5H3,(H,26,28)/b17-11+. The summed E-state index contributed by atoms with van der Waals surface area (Å²) >= 11 is 1.29. The van der Waals surface area contributed by atoms with E-state index in [1.54, 1.807) is 13.0 Å². The number of ether oxygens (including phenoxy) is 1. The maximum Gasteiger partial charge on any atom is 0.341 e. The van der Waals surface area contributed by atoms with Crippen LogP contribution in [-0.2, 0) is 9.53 Å². The van der Waals surface area contributed by atoms with Crippen molar-refractivity contribution in [2.45, 2.75) is 40.7 Å². The maximum absolute atomic E-state index is 12.9. The first kappa shape index (κ1) is 22.3. The lowest BCUT2D eigenvalue weighted by atomic mass is 10.1. The van der Waals surface area contributed by atoms with E-state index >= 15 is 0 Å². The number of anilines is 1. The fourth-order valence-electron chi connectivity index (χ4n) is 3.41. The summed E-state index contributed by atoms with van der Waals surface area (Å²) in [6.45, 7) is 9.82. The van der Waals surface area contributed by atoms with Crippen LogP contribution >= 0.6 is 11.3 Å². The molecule has 1 amide bonds. The summed E-state index contributed by atoms with van der Waals surface area (Å²) in [5, 5.41) is 13.8. The summed E-state index contributed by atoms with van der Waals surface area (Å²) in [7, 11) is 0. The van der Waals surface area contributed by atoms with Gasteiger partial charge in [-0.2, -0.15) is 5.26 Å². The topological polar surface area (TPSA) is 84.1 Å². The van der Waals surface area contributed by atoms with Crippen molar-refractivity contribution in [1.82, 2.24) is 4.57 Å². The number of thiophene rings is 1. The molecule has 1 N–H and O–H groups in total. The number of nitriles is 1. The molecule has 6 nitrogen and oxygen atoms in total. The second kappa shape index (κ2) is 9.19. The lowest BCUT2D eigenvalue weighted by molar-refractivity contribution is -0.112. The molecule has 3 rings (SSSR count). The van der Waals surface area contributed by atoms with Crippen molar-refractivity contribution >= 4 is 45.2 Å². The number of fused-ring (bicyclic) bond motifs is 1. The molecule has 0 fully saturated rings. The third kappa shape index (κ3) is 4.39. The SMILES string of the molecule is CCOC(=O)c1c(NC(=O)/C(C#N)=C/c2cn(C(C)C)c3ccccc23)sc(C)c1C. The zero-order chi connectivity index (χ0) is 22.7.